The number of nitrogens with zero attached hydrogens (tertiary/aromatic N) is 1. The van der Waals surface area contributed by atoms with Gasteiger partial charge in [0.15, 0.2) is 5.96 Å². The van der Waals surface area contributed by atoms with Gasteiger partial charge in [-0.25, -0.2) is 4.99 Å². The van der Waals surface area contributed by atoms with E-state index in [1.54, 1.807) is 0 Å². The summed E-state index contributed by atoms with van der Waals surface area (Å²) in [4.78, 5) is 4.66. The van der Waals surface area contributed by atoms with Crippen LogP contribution in [0.4, 0.5) is 0 Å². The van der Waals surface area contributed by atoms with Crippen LogP contribution in [0.1, 0.15) is 38.8 Å². The number of hydrogen-bond acceptors (Lipinski definition) is 1. The number of aryl methyl sites for hydroxylation is 1. The third kappa shape index (κ3) is 6.59. The standard InChI is InChI=1S/C16H27N3.HI/c1-6-17-16(19-14(5)12(2)3)18-11-15-10-8-7-9-13(15)4;/h7-10,12,14H,6,11H2,1-5H3,(H2,17,18,19);1H. The first-order valence-corrected chi connectivity index (χ1v) is 7.14. The zero-order chi connectivity index (χ0) is 14.3. The van der Waals surface area contributed by atoms with E-state index in [1.165, 1.54) is 11.1 Å². The number of benzene rings is 1. The molecule has 0 saturated heterocycles. The summed E-state index contributed by atoms with van der Waals surface area (Å²) < 4.78 is 0. The molecule has 0 aromatic heterocycles. The summed E-state index contributed by atoms with van der Waals surface area (Å²) >= 11 is 0. The maximum Gasteiger partial charge on any atom is 0.191 e. The lowest BCUT2D eigenvalue weighted by atomic mass is 10.1. The van der Waals surface area contributed by atoms with Gasteiger partial charge >= 0.3 is 0 Å². The predicted molar refractivity (Wildman–Crippen MR) is 98.8 cm³/mol. The topological polar surface area (TPSA) is 36.4 Å². The lowest BCUT2D eigenvalue weighted by molar-refractivity contribution is 0.481. The maximum atomic E-state index is 4.66. The number of guanidine groups is 1. The van der Waals surface area contributed by atoms with Crippen LogP contribution in [-0.4, -0.2) is 18.5 Å². The van der Waals surface area contributed by atoms with Crippen molar-refractivity contribution >= 4 is 29.9 Å². The van der Waals surface area contributed by atoms with Crippen LogP contribution in [0.15, 0.2) is 29.3 Å². The predicted octanol–water partition coefficient (Wildman–Crippen LogP) is 3.71. The van der Waals surface area contributed by atoms with E-state index in [2.05, 4.69) is 74.5 Å². The van der Waals surface area contributed by atoms with Gasteiger partial charge in [0.1, 0.15) is 0 Å². The van der Waals surface area contributed by atoms with Crippen LogP contribution in [0.2, 0.25) is 0 Å². The Kier molecular flexibility index (Phi) is 9.63. The van der Waals surface area contributed by atoms with Crippen LogP contribution in [0.25, 0.3) is 0 Å². The molecule has 0 aliphatic heterocycles. The maximum absolute atomic E-state index is 4.66. The first-order chi connectivity index (χ1) is 9.04. The highest BCUT2D eigenvalue weighted by Gasteiger charge is 2.08. The molecule has 0 aliphatic rings. The van der Waals surface area contributed by atoms with Gasteiger partial charge in [0.05, 0.1) is 6.54 Å². The Morgan fingerprint density at radius 1 is 1.20 bits per heavy atom. The van der Waals surface area contributed by atoms with Gasteiger partial charge in [0, 0.05) is 12.6 Å². The summed E-state index contributed by atoms with van der Waals surface area (Å²) in [5, 5.41) is 6.74. The second-order valence-electron chi connectivity index (χ2n) is 5.30. The summed E-state index contributed by atoms with van der Waals surface area (Å²) in [6, 6.07) is 8.80. The van der Waals surface area contributed by atoms with Gasteiger partial charge < -0.3 is 10.6 Å². The molecule has 1 aromatic carbocycles. The molecular formula is C16H28IN3. The fraction of sp³-hybridized carbons (Fsp3) is 0.562. The molecule has 0 aliphatic carbocycles. The molecule has 1 rings (SSSR count). The second-order valence-corrected chi connectivity index (χ2v) is 5.30. The molecule has 2 N–H and O–H groups in total. The van der Waals surface area contributed by atoms with E-state index in [-0.39, 0.29) is 24.0 Å². The highest BCUT2D eigenvalue weighted by Crippen LogP contribution is 2.08. The highest BCUT2D eigenvalue weighted by atomic mass is 127. The third-order valence-electron chi connectivity index (χ3n) is 3.38. The summed E-state index contributed by atoms with van der Waals surface area (Å²) in [7, 11) is 0. The molecule has 1 atom stereocenters. The monoisotopic (exact) mass is 389 g/mol. The van der Waals surface area contributed by atoms with Crippen molar-refractivity contribution in [1.82, 2.24) is 10.6 Å². The molecule has 0 bridgehead atoms. The first-order valence-electron chi connectivity index (χ1n) is 7.14. The van der Waals surface area contributed by atoms with E-state index < -0.39 is 0 Å². The van der Waals surface area contributed by atoms with E-state index in [4.69, 9.17) is 0 Å². The average Bonchev–Trinajstić information content (AvgIpc) is 2.37. The molecule has 20 heavy (non-hydrogen) atoms. The molecule has 0 spiro atoms. The smallest absolute Gasteiger partial charge is 0.191 e. The molecule has 1 unspecified atom stereocenters. The fourth-order valence-corrected chi connectivity index (χ4v) is 1.65. The lowest BCUT2D eigenvalue weighted by Gasteiger charge is -2.20. The van der Waals surface area contributed by atoms with Gasteiger partial charge in [-0.1, -0.05) is 38.1 Å². The molecule has 0 fully saturated rings. The molecular weight excluding hydrogens is 361 g/mol. The molecule has 0 radical (unpaired) electrons. The molecule has 4 heteroatoms. The van der Waals surface area contributed by atoms with Crippen LogP contribution in [-0.2, 0) is 6.54 Å². The van der Waals surface area contributed by atoms with Crippen molar-refractivity contribution in [3.05, 3.63) is 35.4 Å². The van der Waals surface area contributed by atoms with E-state index in [0.29, 0.717) is 18.5 Å². The number of hydrogen-bond donors (Lipinski definition) is 2. The Bertz CT molecular complexity index is 416. The molecule has 3 nitrogen and oxygen atoms in total. The number of rotatable bonds is 5. The minimum absolute atomic E-state index is 0. The number of halogens is 1. The van der Waals surface area contributed by atoms with Gasteiger partial charge in [0.25, 0.3) is 0 Å². The quantitative estimate of drug-likeness (QED) is 0.458. The average molecular weight is 389 g/mol. The first kappa shape index (κ1) is 19.2. The Balaban J connectivity index is 0.00000361. The van der Waals surface area contributed by atoms with E-state index in [1.807, 2.05) is 0 Å². The third-order valence-corrected chi connectivity index (χ3v) is 3.38. The van der Waals surface area contributed by atoms with Gasteiger partial charge in [-0.2, -0.15) is 0 Å². The van der Waals surface area contributed by atoms with Gasteiger partial charge in [-0.3, -0.25) is 0 Å². The van der Waals surface area contributed by atoms with E-state index in [9.17, 15) is 0 Å². The fourth-order valence-electron chi connectivity index (χ4n) is 1.65. The zero-order valence-electron chi connectivity index (χ0n) is 13.2. The highest BCUT2D eigenvalue weighted by molar-refractivity contribution is 14.0. The summed E-state index contributed by atoms with van der Waals surface area (Å²) in [6.07, 6.45) is 0. The summed E-state index contributed by atoms with van der Waals surface area (Å²) in [5.41, 5.74) is 2.57. The van der Waals surface area contributed by atoms with Crippen LogP contribution in [0.5, 0.6) is 0 Å². The molecule has 114 valence electrons. The Morgan fingerprint density at radius 2 is 1.85 bits per heavy atom. The van der Waals surface area contributed by atoms with Crippen molar-refractivity contribution in [2.45, 2.75) is 47.2 Å². The van der Waals surface area contributed by atoms with Crippen molar-refractivity contribution in [3.63, 3.8) is 0 Å². The minimum atomic E-state index is 0. The number of aliphatic imine (C=N–C) groups is 1. The molecule has 0 saturated carbocycles. The lowest BCUT2D eigenvalue weighted by Crippen LogP contribution is -2.44. The Hall–Kier alpha value is -0.780. The van der Waals surface area contributed by atoms with Crippen molar-refractivity contribution < 1.29 is 0 Å². The van der Waals surface area contributed by atoms with Crippen LogP contribution >= 0.6 is 24.0 Å². The van der Waals surface area contributed by atoms with E-state index in [0.717, 1.165) is 12.5 Å². The van der Waals surface area contributed by atoms with Gasteiger partial charge in [-0.05, 0) is 37.8 Å². The summed E-state index contributed by atoms with van der Waals surface area (Å²) in [5.74, 6) is 1.48. The van der Waals surface area contributed by atoms with Crippen LogP contribution in [0.3, 0.4) is 0 Å². The van der Waals surface area contributed by atoms with Crippen LogP contribution < -0.4 is 10.6 Å². The zero-order valence-corrected chi connectivity index (χ0v) is 15.6. The van der Waals surface area contributed by atoms with Crippen molar-refractivity contribution in [1.29, 1.82) is 0 Å². The normalized spacial score (nSPS) is 12.8. The molecule has 0 amide bonds. The van der Waals surface area contributed by atoms with Crippen molar-refractivity contribution in [3.8, 4) is 0 Å². The molecule has 0 heterocycles. The van der Waals surface area contributed by atoms with Crippen molar-refractivity contribution in [2.24, 2.45) is 10.9 Å². The van der Waals surface area contributed by atoms with E-state index >= 15 is 0 Å². The summed E-state index contributed by atoms with van der Waals surface area (Å²) in [6.45, 7) is 12.4. The van der Waals surface area contributed by atoms with Gasteiger partial charge in [-0.15, -0.1) is 24.0 Å². The Labute approximate surface area is 140 Å². The molecule has 1 aromatic rings. The number of nitrogens with one attached hydrogen (secondary N) is 2. The van der Waals surface area contributed by atoms with Crippen LogP contribution in [0, 0.1) is 12.8 Å². The second kappa shape index (κ2) is 10.0. The van der Waals surface area contributed by atoms with Gasteiger partial charge in [0.2, 0.25) is 0 Å². The SMILES string of the molecule is CCNC(=NCc1ccccc1C)NC(C)C(C)C.I. The van der Waals surface area contributed by atoms with Crippen molar-refractivity contribution in [2.75, 3.05) is 6.54 Å². The largest absolute Gasteiger partial charge is 0.357 e. The Morgan fingerprint density at radius 3 is 2.40 bits per heavy atom. The minimum Gasteiger partial charge on any atom is -0.357 e.